The summed E-state index contributed by atoms with van der Waals surface area (Å²) in [6.07, 6.45) is 1.47. The molecule has 1 heterocycles. The summed E-state index contributed by atoms with van der Waals surface area (Å²) in [5, 5.41) is 8.21. The van der Waals surface area contributed by atoms with Gasteiger partial charge in [0, 0.05) is 11.8 Å². The van der Waals surface area contributed by atoms with Gasteiger partial charge in [-0.25, -0.2) is 0 Å². The molecule has 0 saturated carbocycles. The van der Waals surface area contributed by atoms with E-state index in [2.05, 4.69) is 10.2 Å². The maximum Gasteiger partial charge on any atom is 0.132 e. The van der Waals surface area contributed by atoms with Gasteiger partial charge < -0.3 is 4.79 Å². The Morgan fingerprint density at radius 1 is 1.60 bits per heavy atom. The fourth-order valence-electron chi connectivity index (χ4n) is 1.58. The second kappa shape index (κ2) is 4.03. The van der Waals surface area contributed by atoms with Gasteiger partial charge in [-0.1, -0.05) is 24.6 Å². The summed E-state index contributed by atoms with van der Waals surface area (Å²) in [4.78, 5) is 10.4. The first-order chi connectivity index (χ1) is 7.22. The average molecular weight is 223 g/mol. The first kappa shape index (κ1) is 10.2. The highest BCUT2D eigenvalue weighted by atomic mass is 35.5. The Bertz CT molecular complexity index is 492. The first-order valence-corrected chi connectivity index (χ1v) is 5.17. The van der Waals surface area contributed by atoms with E-state index in [1.165, 1.54) is 0 Å². The normalized spacial score (nSPS) is 12.9. The van der Waals surface area contributed by atoms with Crippen LogP contribution in [0.25, 0.3) is 10.9 Å². The van der Waals surface area contributed by atoms with Crippen molar-refractivity contribution in [3.63, 3.8) is 0 Å². The molecule has 0 amide bonds. The minimum atomic E-state index is 0.220. The lowest BCUT2D eigenvalue weighted by Gasteiger charge is -2.07. The number of aldehydes is 1. The molecule has 1 aromatic heterocycles. The highest BCUT2D eigenvalue weighted by molar-refractivity contribution is 6.34. The van der Waals surface area contributed by atoms with E-state index in [4.69, 9.17) is 11.6 Å². The Kier molecular flexibility index (Phi) is 2.73. The number of nitrogens with zero attached hydrogens (tertiary/aromatic N) is 1. The Balaban J connectivity index is 2.45. The van der Waals surface area contributed by atoms with Crippen LogP contribution in [0.15, 0.2) is 18.2 Å². The minimum absolute atomic E-state index is 0.220. The van der Waals surface area contributed by atoms with Crippen molar-refractivity contribution in [2.45, 2.75) is 19.3 Å². The third-order valence-electron chi connectivity index (χ3n) is 2.55. The molecule has 1 atom stereocenters. The molecule has 0 spiro atoms. The highest BCUT2D eigenvalue weighted by Gasteiger charge is 2.08. The van der Waals surface area contributed by atoms with E-state index in [0.29, 0.717) is 11.6 Å². The summed E-state index contributed by atoms with van der Waals surface area (Å²) in [6, 6.07) is 5.87. The van der Waals surface area contributed by atoms with Gasteiger partial charge >= 0.3 is 0 Å². The van der Waals surface area contributed by atoms with Crippen LogP contribution in [-0.4, -0.2) is 16.5 Å². The summed E-state index contributed by atoms with van der Waals surface area (Å²) in [5.41, 5.74) is 1.96. The quantitative estimate of drug-likeness (QED) is 0.812. The van der Waals surface area contributed by atoms with Crippen LogP contribution in [0.2, 0.25) is 5.15 Å². The number of carbonyl (C=O) groups excluding carboxylic acids is 1. The Morgan fingerprint density at radius 2 is 2.40 bits per heavy atom. The van der Waals surface area contributed by atoms with E-state index in [1.807, 2.05) is 25.1 Å². The second-order valence-electron chi connectivity index (χ2n) is 3.62. The van der Waals surface area contributed by atoms with Gasteiger partial charge in [-0.3, -0.25) is 5.10 Å². The van der Waals surface area contributed by atoms with Gasteiger partial charge in [0.15, 0.2) is 0 Å². The summed E-state index contributed by atoms with van der Waals surface area (Å²) < 4.78 is 0. The predicted octanol–water partition coefficient (Wildman–Crippen LogP) is 2.91. The number of aromatic amines is 1. The zero-order valence-electron chi connectivity index (χ0n) is 8.33. The lowest BCUT2D eigenvalue weighted by Crippen LogP contribution is -1.93. The third kappa shape index (κ3) is 1.88. The van der Waals surface area contributed by atoms with Crippen molar-refractivity contribution < 1.29 is 4.79 Å². The molecule has 15 heavy (non-hydrogen) atoms. The molecular formula is C11H11ClN2O. The van der Waals surface area contributed by atoms with Crippen LogP contribution in [0.4, 0.5) is 0 Å². The van der Waals surface area contributed by atoms with E-state index >= 15 is 0 Å². The van der Waals surface area contributed by atoms with Crippen LogP contribution >= 0.6 is 11.6 Å². The van der Waals surface area contributed by atoms with Crippen LogP contribution in [0, 0.1) is 0 Å². The van der Waals surface area contributed by atoms with Crippen molar-refractivity contribution >= 4 is 28.8 Å². The van der Waals surface area contributed by atoms with Gasteiger partial charge in [0.25, 0.3) is 0 Å². The van der Waals surface area contributed by atoms with Gasteiger partial charge in [-0.15, -0.1) is 0 Å². The number of carbonyl (C=O) groups is 1. The van der Waals surface area contributed by atoms with Gasteiger partial charge in [-0.05, 0) is 23.6 Å². The third-order valence-corrected chi connectivity index (χ3v) is 2.84. The van der Waals surface area contributed by atoms with Crippen molar-refractivity contribution in [2.24, 2.45) is 0 Å². The first-order valence-electron chi connectivity index (χ1n) is 4.79. The minimum Gasteiger partial charge on any atom is -0.303 e. The van der Waals surface area contributed by atoms with E-state index in [9.17, 15) is 4.79 Å². The number of hydrogen-bond donors (Lipinski definition) is 1. The lowest BCUT2D eigenvalue weighted by molar-refractivity contribution is -0.108. The zero-order chi connectivity index (χ0) is 10.8. The van der Waals surface area contributed by atoms with Crippen molar-refractivity contribution in [3.8, 4) is 0 Å². The number of aromatic nitrogens is 2. The maximum atomic E-state index is 10.4. The molecular weight excluding hydrogens is 212 g/mol. The topological polar surface area (TPSA) is 45.8 Å². The predicted molar refractivity (Wildman–Crippen MR) is 60.2 cm³/mol. The molecule has 2 rings (SSSR count). The molecule has 1 N–H and O–H groups in total. The summed E-state index contributed by atoms with van der Waals surface area (Å²) in [5.74, 6) is 0.220. The fraction of sp³-hybridized carbons (Fsp3) is 0.273. The number of fused-ring (bicyclic) bond motifs is 1. The van der Waals surface area contributed by atoms with Gasteiger partial charge in [-0.2, -0.15) is 5.10 Å². The smallest absolute Gasteiger partial charge is 0.132 e. The number of hydrogen-bond acceptors (Lipinski definition) is 2. The van der Waals surface area contributed by atoms with Gasteiger partial charge in [0.2, 0.25) is 0 Å². The fourth-order valence-corrected chi connectivity index (χ4v) is 1.78. The molecule has 0 aliphatic carbocycles. The number of H-pyrrole nitrogens is 1. The van der Waals surface area contributed by atoms with Crippen LogP contribution in [-0.2, 0) is 4.79 Å². The average Bonchev–Trinajstić information content (AvgIpc) is 2.60. The molecule has 0 radical (unpaired) electrons. The SMILES string of the molecule is CC(CC=O)c1ccc2n[nH]c(Cl)c2c1. The summed E-state index contributed by atoms with van der Waals surface area (Å²) in [6.45, 7) is 2.02. The van der Waals surface area contributed by atoms with E-state index in [1.54, 1.807) is 0 Å². The van der Waals surface area contributed by atoms with Crippen LogP contribution in [0.3, 0.4) is 0 Å². The van der Waals surface area contributed by atoms with E-state index in [-0.39, 0.29) is 5.92 Å². The van der Waals surface area contributed by atoms with Crippen LogP contribution < -0.4 is 0 Å². The molecule has 3 nitrogen and oxygen atoms in total. The molecule has 78 valence electrons. The molecule has 0 bridgehead atoms. The summed E-state index contributed by atoms with van der Waals surface area (Å²) >= 11 is 5.94. The molecule has 1 aromatic carbocycles. The highest BCUT2D eigenvalue weighted by Crippen LogP contribution is 2.26. The lowest BCUT2D eigenvalue weighted by atomic mass is 9.97. The Morgan fingerprint density at radius 3 is 3.13 bits per heavy atom. The Labute approximate surface area is 92.4 Å². The number of nitrogens with one attached hydrogen (secondary N) is 1. The molecule has 1 unspecified atom stereocenters. The maximum absolute atomic E-state index is 10.4. The largest absolute Gasteiger partial charge is 0.303 e. The summed E-state index contributed by atoms with van der Waals surface area (Å²) in [7, 11) is 0. The molecule has 0 aliphatic heterocycles. The number of halogens is 1. The van der Waals surface area contributed by atoms with Crippen LogP contribution in [0.1, 0.15) is 24.8 Å². The van der Waals surface area contributed by atoms with Gasteiger partial charge in [0.1, 0.15) is 11.4 Å². The number of rotatable bonds is 3. The van der Waals surface area contributed by atoms with Crippen LogP contribution in [0.5, 0.6) is 0 Å². The van der Waals surface area contributed by atoms with Crippen molar-refractivity contribution in [3.05, 3.63) is 28.9 Å². The van der Waals surface area contributed by atoms with Crippen molar-refractivity contribution in [1.29, 1.82) is 0 Å². The van der Waals surface area contributed by atoms with Crippen molar-refractivity contribution in [1.82, 2.24) is 10.2 Å². The number of benzene rings is 1. The molecule has 0 fully saturated rings. The van der Waals surface area contributed by atoms with E-state index < -0.39 is 0 Å². The molecule has 0 aliphatic rings. The molecule has 0 saturated heterocycles. The van der Waals surface area contributed by atoms with Gasteiger partial charge in [0.05, 0.1) is 5.52 Å². The monoisotopic (exact) mass is 222 g/mol. The zero-order valence-corrected chi connectivity index (χ0v) is 9.08. The van der Waals surface area contributed by atoms with Crippen molar-refractivity contribution in [2.75, 3.05) is 0 Å². The standard InChI is InChI=1S/C11H11ClN2O/c1-7(4-5-15)8-2-3-10-9(6-8)11(12)14-13-10/h2-3,5-7H,4H2,1H3,(H,13,14). The van der Waals surface area contributed by atoms with E-state index in [0.717, 1.165) is 22.8 Å². The Hall–Kier alpha value is -1.35. The molecule has 2 aromatic rings. The second-order valence-corrected chi connectivity index (χ2v) is 4.00. The molecule has 4 heteroatoms.